The Kier molecular flexibility index (Phi) is 6.60. The maximum atomic E-state index is 11.8. The van der Waals surface area contributed by atoms with Gasteiger partial charge in [-0.25, -0.2) is 14.8 Å². The summed E-state index contributed by atoms with van der Waals surface area (Å²) in [7, 11) is 0. The zero-order valence-corrected chi connectivity index (χ0v) is 17.5. The lowest BCUT2D eigenvalue weighted by Gasteiger charge is -2.30. The molecule has 5 N–H and O–H groups in total. The predicted octanol–water partition coefficient (Wildman–Crippen LogP) is 1.95. The van der Waals surface area contributed by atoms with Gasteiger partial charge in [-0.2, -0.15) is 4.98 Å². The van der Waals surface area contributed by atoms with Gasteiger partial charge in [0, 0.05) is 50.0 Å². The molecule has 162 valence electrons. The van der Waals surface area contributed by atoms with Crippen molar-refractivity contribution in [2.45, 2.75) is 0 Å². The summed E-state index contributed by atoms with van der Waals surface area (Å²) >= 11 is 6.51. The molecule has 0 spiro atoms. The van der Waals surface area contributed by atoms with Gasteiger partial charge in [-0.15, -0.1) is 0 Å². The van der Waals surface area contributed by atoms with Gasteiger partial charge >= 0.3 is 6.03 Å². The number of hydrogen-bond donors (Lipinski definition) is 5. The SMILES string of the molecule is O=C(NCCO)Nc1ccc2cnc(Nc3ccc(N4CCNCC4)c(Cl)c3)nc2n1. The van der Waals surface area contributed by atoms with E-state index in [4.69, 9.17) is 16.7 Å². The van der Waals surface area contributed by atoms with Crippen LogP contribution in [0.15, 0.2) is 36.5 Å². The molecule has 2 amide bonds. The summed E-state index contributed by atoms with van der Waals surface area (Å²) < 4.78 is 0. The van der Waals surface area contributed by atoms with Crippen LogP contribution in [-0.4, -0.2) is 65.4 Å². The van der Waals surface area contributed by atoms with Gasteiger partial charge in [0.15, 0.2) is 5.65 Å². The van der Waals surface area contributed by atoms with E-state index in [9.17, 15) is 4.79 Å². The van der Waals surface area contributed by atoms with Crippen LogP contribution < -0.4 is 26.2 Å². The van der Waals surface area contributed by atoms with Crippen molar-refractivity contribution in [1.29, 1.82) is 0 Å². The Bertz CT molecular complexity index is 1070. The summed E-state index contributed by atoms with van der Waals surface area (Å²) in [6.07, 6.45) is 1.66. The second-order valence-electron chi connectivity index (χ2n) is 6.94. The Morgan fingerprint density at radius 1 is 1.19 bits per heavy atom. The number of benzene rings is 1. The molecule has 0 unspecified atom stereocenters. The Hall–Kier alpha value is -3.21. The van der Waals surface area contributed by atoms with E-state index in [1.165, 1.54) is 0 Å². The number of urea groups is 1. The number of piperazine rings is 1. The Morgan fingerprint density at radius 2 is 2.03 bits per heavy atom. The van der Waals surface area contributed by atoms with Gasteiger partial charge in [0.2, 0.25) is 5.95 Å². The predicted molar refractivity (Wildman–Crippen MR) is 121 cm³/mol. The standard InChI is InChI=1S/C20H23ClN8O2/c21-15-11-14(2-3-16(15)29-8-5-22-6-9-29)25-19-24-12-13-1-4-17(26-18(13)28-19)27-20(31)23-7-10-30/h1-4,11-12,22,30H,5-10H2,(H3,23,24,25,26,27,28,31). The summed E-state index contributed by atoms with van der Waals surface area (Å²) in [6, 6.07) is 8.76. The summed E-state index contributed by atoms with van der Waals surface area (Å²) in [4.78, 5) is 27.1. The first-order valence-electron chi connectivity index (χ1n) is 9.94. The topological polar surface area (TPSA) is 127 Å². The molecule has 1 saturated heterocycles. The van der Waals surface area contributed by atoms with E-state index in [0.717, 1.165) is 42.9 Å². The fourth-order valence-corrected chi connectivity index (χ4v) is 3.55. The normalized spacial score (nSPS) is 13.8. The number of pyridine rings is 1. The first-order chi connectivity index (χ1) is 15.1. The largest absolute Gasteiger partial charge is 0.395 e. The monoisotopic (exact) mass is 442 g/mol. The van der Waals surface area contributed by atoms with Crippen molar-refractivity contribution in [2.24, 2.45) is 0 Å². The fraction of sp³-hybridized carbons (Fsp3) is 0.300. The molecular weight excluding hydrogens is 420 g/mol. The number of carbonyl (C=O) groups excluding carboxylic acids is 1. The van der Waals surface area contributed by atoms with Crippen LogP contribution in [0.1, 0.15) is 0 Å². The van der Waals surface area contributed by atoms with E-state index in [0.29, 0.717) is 22.4 Å². The van der Waals surface area contributed by atoms with Crippen LogP contribution in [0.5, 0.6) is 0 Å². The number of aliphatic hydroxyl groups excluding tert-OH is 1. The Labute approximate surface area is 184 Å². The van der Waals surface area contributed by atoms with Crippen molar-refractivity contribution in [2.75, 3.05) is 54.9 Å². The van der Waals surface area contributed by atoms with E-state index in [1.807, 2.05) is 18.2 Å². The van der Waals surface area contributed by atoms with E-state index in [-0.39, 0.29) is 13.2 Å². The number of nitrogens with one attached hydrogen (secondary N) is 4. The zero-order chi connectivity index (χ0) is 21.6. The maximum absolute atomic E-state index is 11.8. The van der Waals surface area contributed by atoms with Crippen molar-refractivity contribution < 1.29 is 9.90 Å². The number of nitrogens with zero attached hydrogens (tertiary/aromatic N) is 4. The number of carbonyl (C=O) groups is 1. The number of anilines is 4. The third kappa shape index (κ3) is 5.29. The Morgan fingerprint density at radius 3 is 2.81 bits per heavy atom. The average Bonchev–Trinajstić information content (AvgIpc) is 2.78. The smallest absolute Gasteiger partial charge is 0.320 e. The molecule has 1 fully saturated rings. The molecule has 1 aliphatic rings. The third-order valence-corrected chi connectivity index (χ3v) is 5.05. The fourth-order valence-electron chi connectivity index (χ4n) is 3.25. The molecule has 2 aromatic heterocycles. The molecule has 3 heterocycles. The van der Waals surface area contributed by atoms with Crippen molar-refractivity contribution in [1.82, 2.24) is 25.6 Å². The summed E-state index contributed by atoms with van der Waals surface area (Å²) in [6.45, 7) is 3.73. The van der Waals surface area contributed by atoms with Crippen LogP contribution in [0.3, 0.4) is 0 Å². The van der Waals surface area contributed by atoms with Crippen molar-refractivity contribution in [3.8, 4) is 0 Å². The minimum atomic E-state index is -0.451. The summed E-state index contributed by atoms with van der Waals surface area (Å²) in [5.41, 5.74) is 2.20. The molecule has 0 saturated carbocycles. The summed E-state index contributed by atoms with van der Waals surface area (Å²) in [5, 5.41) is 21.8. The first-order valence-corrected chi connectivity index (χ1v) is 10.3. The van der Waals surface area contributed by atoms with Crippen LogP contribution in [0.2, 0.25) is 5.02 Å². The van der Waals surface area contributed by atoms with Gasteiger partial charge in [-0.05, 0) is 30.3 Å². The Balaban J connectivity index is 1.49. The highest BCUT2D eigenvalue weighted by atomic mass is 35.5. The van der Waals surface area contributed by atoms with Gasteiger partial charge in [0.05, 0.1) is 17.3 Å². The van der Waals surface area contributed by atoms with Crippen molar-refractivity contribution in [3.63, 3.8) is 0 Å². The average molecular weight is 443 g/mol. The highest BCUT2D eigenvalue weighted by Gasteiger charge is 2.14. The number of hydrogen-bond acceptors (Lipinski definition) is 8. The van der Waals surface area contributed by atoms with Gasteiger partial charge in [-0.1, -0.05) is 11.6 Å². The second-order valence-corrected chi connectivity index (χ2v) is 7.34. The zero-order valence-electron chi connectivity index (χ0n) is 16.7. The molecule has 1 aromatic carbocycles. The first kappa shape index (κ1) is 21.0. The molecule has 1 aliphatic heterocycles. The lowest BCUT2D eigenvalue weighted by atomic mass is 10.2. The molecule has 0 bridgehead atoms. The molecular formula is C20H23ClN8O2. The van der Waals surface area contributed by atoms with Crippen LogP contribution in [-0.2, 0) is 0 Å². The quantitative estimate of drug-likeness (QED) is 0.392. The van der Waals surface area contributed by atoms with Crippen LogP contribution >= 0.6 is 11.6 Å². The highest BCUT2D eigenvalue weighted by molar-refractivity contribution is 6.33. The molecule has 4 rings (SSSR count). The molecule has 0 radical (unpaired) electrons. The lowest BCUT2D eigenvalue weighted by molar-refractivity contribution is 0.244. The number of amides is 2. The molecule has 0 atom stereocenters. The van der Waals surface area contributed by atoms with Gasteiger partial charge in [0.25, 0.3) is 0 Å². The highest BCUT2D eigenvalue weighted by Crippen LogP contribution is 2.30. The number of aliphatic hydroxyl groups is 1. The van der Waals surface area contributed by atoms with Gasteiger partial charge < -0.3 is 26.0 Å². The number of fused-ring (bicyclic) bond motifs is 1. The number of halogens is 1. The van der Waals surface area contributed by atoms with Crippen LogP contribution in [0, 0.1) is 0 Å². The van der Waals surface area contributed by atoms with E-state index in [1.54, 1.807) is 18.3 Å². The second kappa shape index (κ2) is 9.73. The molecule has 10 nitrogen and oxygen atoms in total. The molecule has 31 heavy (non-hydrogen) atoms. The van der Waals surface area contributed by atoms with E-state index < -0.39 is 6.03 Å². The van der Waals surface area contributed by atoms with Crippen molar-refractivity contribution >= 4 is 51.8 Å². The number of aromatic nitrogens is 3. The number of rotatable bonds is 6. The minimum Gasteiger partial charge on any atom is -0.395 e. The maximum Gasteiger partial charge on any atom is 0.320 e. The molecule has 11 heteroatoms. The minimum absolute atomic E-state index is 0.138. The van der Waals surface area contributed by atoms with E-state index in [2.05, 4.69) is 41.1 Å². The van der Waals surface area contributed by atoms with E-state index >= 15 is 0 Å². The van der Waals surface area contributed by atoms with Crippen LogP contribution in [0.4, 0.5) is 27.9 Å². The van der Waals surface area contributed by atoms with Gasteiger partial charge in [0.1, 0.15) is 5.82 Å². The lowest BCUT2D eigenvalue weighted by Crippen LogP contribution is -2.43. The summed E-state index contributed by atoms with van der Waals surface area (Å²) in [5.74, 6) is 0.712. The van der Waals surface area contributed by atoms with Gasteiger partial charge in [-0.3, -0.25) is 5.32 Å². The third-order valence-electron chi connectivity index (χ3n) is 4.74. The molecule has 3 aromatic rings. The molecule has 0 aliphatic carbocycles. The van der Waals surface area contributed by atoms with Crippen molar-refractivity contribution in [3.05, 3.63) is 41.6 Å². The van der Waals surface area contributed by atoms with Crippen LogP contribution in [0.25, 0.3) is 11.0 Å².